The highest BCUT2D eigenvalue weighted by Gasteiger charge is 2.58. The van der Waals surface area contributed by atoms with Gasteiger partial charge in [0.2, 0.25) is 0 Å². The number of benzene rings is 2. The Bertz CT molecular complexity index is 753. The van der Waals surface area contributed by atoms with Crippen LogP contribution in [0.3, 0.4) is 0 Å². The van der Waals surface area contributed by atoms with Crippen molar-refractivity contribution in [2.24, 2.45) is 5.41 Å². The highest BCUT2D eigenvalue weighted by atomic mass is 35.5. The molecule has 0 heterocycles. The number of hydrogen-bond donors (Lipinski definition) is 0. The molecule has 2 unspecified atom stereocenters. The zero-order valence-corrected chi connectivity index (χ0v) is 16.6. The summed E-state index contributed by atoms with van der Waals surface area (Å²) in [6, 6.07) is 15.2. The summed E-state index contributed by atoms with van der Waals surface area (Å²) >= 11 is 6.47. The maximum atomic E-state index is 13.9. The second-order valence-electron chi connectivity index (χ2n) is 8.62. The molecule has 1 aliphatic rings. The van der Waals surface area contributed by atoms with Crippen LogP contribution in [-0.2, 0) is 12.8 Å². The van der Waals surface area contributed by atoms with Crippen molar-refractivity contribution in [2.75, 3.05) is 0 Å². The number of aryl methyl sites for hydroxylation is 1. The third-order valence-electron chi connectivity index (χ3n) is 5.62. The smallest absolute Gasteiger partial charge is 0.109 e. The van der Waals surface area contributed by atoms with Crippen LogP contribution >= 0.6 is 11.6 Å². The Morgan fingerprint density at radius 1 is 1.00 bits per heavy atom. The van der Waals surface area contributed by atoms with Crippen molar-refractivity contribution < 1.29 is 4.39 Å². The summed E-state index contributed by atoms with van der Waals surface area (Å²) in [5.41, 5.74) is 3.91. The van der Waals surface area contributed by atoms with Gasteiger partial charge in [0.05, 0.1) is 0 Å². The Morgan fingerprint density at radius 3 is 2.08 bits per heavy atom. The Kier molecular flexibility index (Phi) is 4.75. The summed E-state index contributed by atoms with van der Waals surface area (Å²) < 4.78 is 13.9. The molecule has 0 aromatic heterocycles. The second-order valence-corrected chi connectivity index (χ2v) is 9.03. The quantitative estimate of drug-likeness (QED) is 0.534. The first-order chi connectivity index (χ1) is 11.6. The second kappa shape index (κ2) is 6.43. The largest absolute Gasteiger partial charge is 0.244 e. The van der Waals surface area contributed by atoms with Crippen LogP contribution < -0.4 is 0 Å². The molecule has 2 atom stereocenters. The maximum Gasteiger partial charge on any atom is 0.109 e. The van der Waals surface area contributed by atoms with Gasteiger partial charge in [-0.15, -0.1) is 0 Å². The molecule has 1 aliphatic carbocycles. The van der Waals surface area contributed by atoms with E-state index in [0.29, 0.717) is 23.3 Å². The van der Waals surface area contributed by atoms with Crippen molar-refractivity contribution in [3.05, 3.63) is 69.7 Å². The molecule has 2 aromatic rings. The number of alkyl halides is 1. The van der Waals surface area contributed by atoms with Gasteiger partial charge in [0.15, 0.2) is 0 Å². The fourth-order valence-corrected chi connectivity index (χ4v) is 4.45. The molecule has 0 N–H and O–H groups in total. The molecule has 3 rings (SSSR count). The molecule has 0 nitrogen and oxygen atoms in total. The molecular formula is C23H28ClF. The molecule has 0 radical (unpaired) electrons. The van der Waals surface area contributed by atoms with Gasteiger partial charge in [-0.05, 0) is 65.8 Å². The monoisotopic (exact) mass is 358 g/mol. The van der Waals surface area contributed by atoms with Gasteiger partial charge < -0.3 is 0 Å². The predicted octanol–water partition coefficient (Wildman–Crippen LogP) is 7.10. The van der Waals surface area contributed by atoms with Crippen molar-refractivity contribution in [1.82, 2.24) is 0 Å². The lowest BCUT2D eigenvalue weighted by Gasteiger charge is -2.16. The Balaban J connectivity index is 1.85. The summed E-state index contributed by atoms with van der Waals surface area (Å²) in [4.78, 5) is 0. The van der Waals surface area contributed by atoms with E-state index in [1.54, 1.807) is 13.8 Å². The molecule has 1 saturated carbocycles. The first-order valence-electron chi connectivity index (χ1n) is 9.19. The Labute approximate surface area is 156 Å². The summed E-state index contributed by atoms with van der Waals surface area (Å²) in [6.07, 6.45) is 1.42. The van der Waals surface area contributed by atoms with Crippen molar-refractivity contribution in [3.63, 3.8) is 0 Å². The van der Waals surface area contributed by atoms with Gasteiger partial charge in [0.25, 0.3) is 0 Å². The topological polar surface area (TPSA) is 0 Å². The highest BCUT2D eigenvalue weighted by Crippen LogP contribution is 2.70. The van der Waals surface area contributed by atoms with Crippen LogP contribution in [0.5, 0.6) is 0 Å². The average molecular weight is 359 g/mol. The summed E-state index contributed by atoms with van der Waals surface area (Å²) in [5, 5.41) is 0.686. The molecule has 1 fully saturated rings. The minimum Gasteiger partial charge on any atom is -0.244 e. The molecular weight excluding hydrogens is 331 g/mol. The van der Waals surface area contributed by atoms with Gasteiger partial charge in [-0.2, -0.15) is 0 Å². The van der Waals surface area contributed by atoms with Crippen LogP contribution in [0.4, 0.5) is 4.39 Å². The van der Waals surface area contributed by atoms with E-state index in [1.165, 1.54) is 16.7 Å². The lowest BCUT2D eigenvalue weighted by atomic mass is 9.96. The van der Waals surface area contributed by atoms with Gasteiger partial charge in [0.1, 0.15) is 5.67 Å². The van der Waals surface area contributed by atoms with Crippen LogP contribution in [0.2, 0.25) is 5.02 Å². The number of rotatable bonds is 5. The molecule has 0 amide bonds. The molecule has 0 spiro atoms. The first-order valence-corrected chi connectivity index (χ1v) is 9.57. The number of hydrogen-bond acceptors (Lipinski definition) is 0. The molecule has 2 aromatic carbocycles. The van der Waals surface area contributed by atoms with Gasteiger partial charge in [-0.1, -0.05) is 68.8 Å². The van der Waals surface area contributed by atoms with Crippen molar-refractivity contribution in [3.8, 4) is 0 Å². The maximum absolute atomic E-state index is 13.9. The summed E-state index contributed by atoms with van der Waals surface area (Å²) in [6.45, 7) is 10.0. The Hall–Kier alpha value is -1.34. The molecule has 0 aliphatic heterocycles. The lowest BCUT2D eigenvalue weighted by Crippen LogP contribution is -2.15. The molecule has 0 bridgehead atoms. The first kappa shape index (κ1) is 18.5. The van der Waals surface area contributed by atoms with Crippen molar-refractivity contribution in [1.29, 1.82) is 0 Å². The average Bonchev–Trinajstić information content (AvgIpc) is 3.10. The molecule has 25 heavy (non-hydrogen) atoms. The van der Waals surface area contributed by atoms with Crippen LogP contribution in [-0.4, -0.2) is 5.67 Å². The van der Waals surface area contributed by atoms with Gasteiger partial charge in [0, 0.05) is 11.4 Å². The minimum atomic E-state index is -1.24. The zero-order valence-electron chi connectivity index (χ0n) is 15.9. The van der Waals surface area contributed by atoms with Crippen LogP contribution in [0.25, 0.3) is 0 Å². The van der Waals surface area contributed by atoms with Gasteiger partial charge in [-0.3, -0.25) is 0 Å². The molecule has 0 saturated heterocycles. The van der Waals surface area contributed by atoms with Crippen molar-refractivity contribution in [2.45, 2.75) is 65.0 Å². The van der Waals surface area contributed by atoms with Crippen LogP contribution in [0, 0.1) is 5.41 Å². The zero-order chi connectivity index (χ0) is 18.4. The van der Waals surface area contributed by atoms with E-state index in [0.717, 1.165) is 12.0 Å². The fourth-order valence-electron chi connectivity index (χ4n) is 4.20. The van der Waals surface area contributed by atoms with E-state index in [9.17, 15) is 4.39 Å². The van der Waals surface area contributed by atoms with Gasteiger partial charge in [-0.25, -0.2) is 4.39 Å². The van der Waals surface area contributed by atoms with E-state index >= 15 is 0 Å². The predicted molar refractivity (Wildman–Crippen MR) is 105 cm³/mol. The van der Waals surface area contributed by atoms with Crippen molar-refractivity contribution >= 4 is 11.6 Å². The molecule has 2 heteroatoms. The number of halogens is 2. The van der Waals surface area contributed by atoms with E-state index in [-0.39, 0.29) is 5.41 Å². The van der Waals surface area contributed by atoms with Crippen LogP contribution in [0.1, 0.15) is 68.7 Å². The highest BCUT2D eigenvalue weighted by molar-refractivity contribution is 6.31. The van der Waals surface area contributed by atoms with E-state index in [2.05, 4.69) is 57.2 Å². The third kappa shape index (κ3) is 3.77. The van der Waals surface area contributed by atoms with Crippen LogP contribution in [0.15, 0.2) is 42.5 Å². The van der Waals surface area contributed by atoms with E-state index in [1.807, 2.05) is 6.07 Å². The fraction of sp³-hybridized carbons (Fsp3) is 0.478. The lowest BCUT2D eigenvalue weighted by molar-refractivity contribution is 0.217. The Morgan fingerprint density at radius 2 is 1.56 bits per heavy atom. The molecule has 134 valence electrons. The summed E-state index contributed by atoms with van der Waals surface area (Å²) in [5.74, 6) is 0.975. The third-order valence-corrected chi connectivity index (χ3v) is 5.97. The standard InChI is InChI=1S/C23H28ClF/c1-6-15-7-9-16(10-8-15)20-21(23(20,4)5)17-11-12-18(19(24)13-17)14-22(2,3)25/h7-13,20-21H,6,14H2,1-5H3. The minimum absolute atomic E-state index is 0.220. The van der Waals surface area contributed by atoms with Gasteiger partial charge >= 0.3 is 0 Å². The normalized spacial score (nSPS) is 22.0. The summed E-state index contributed by atoms with van der Waals surface area (Å²) in [7, 11) is 0. The van der Waals surface area contributed by atoms with E-state index < -0.39 is 5.67 Å². The SMILES string of the molecule is CCc1ccc(C2C(c3ccc(CC(C)(C)F)c(Cl)c3)C2(C)C)cc1. The van der Waals surface area contributed by atoms with E-state index in [4.69, 9.17) is 11.6 Å².